The molecule has 0 aromatic carbocycles. The van der Waals surface area contributed by atoms with E-state index in [9.17, 15) is 14.4 Å². The predicted octanol–water partition coefficient (Wildman–Crippen LogP) is 22.0. The quantitative estimate of drug-likeness (QED) is 0.0261. The molecule has 0 saturated heterocycles. The summed E-state index contributed by atoms with van der Waals surface area (Å²) in [6.07, 6.45) is 85.7. The third kappa shape index (κ3) is 61.2. The fourth-order valence-electron chi connectivity index (χ4n) is 8.97. The van der Waals surface area contributed by atoms with Gasteiger partial charge in [-0.1, -0.05) is 272 Å². The molecule has 436 valence electrons. The van der Waals surface area contributed by atoms with Gasteiger partial charge in [-0.05, 0) is 116 Å². The summed E-state index contributed by atoms with van der Waals surface area (Å²) < 4.78 is 16.9. The van der Waals surface area contributed by atoms with Gasteiger partial charge in [0.05, 0.1) is 0 Å². The van der Waals surface area contributed by atoms with Gasteiger partial charge in [-0.15, -0.1) is 0 Å². The molecule has 0 rings (SSSR count). The van der Waals surface area contributed by atoms with Crippen molar-refractivity contribution in [2.75, 3.05) is 13.2 Å². The first-order valence-corrected chi connectivity index (χ1v) is 32.2. The zero-order valence-corrected chi connectivity index (χ0v) is 50.0. The zero-order valence-electron chi connectivity index (χ0n) is 50.0. The van der Waals surface area contributed by atoms with Gasteiger partial charge in [0.25, 0.3) is 0 Å². The van der Waals surface area contributed by atoms with Gasteiger partial charge in [0, 0.05) is 19.3 Å². The van der Waals surface area contributed by atoms with Crippen LogP contribution in [0.5, 0.6) is 0 Å². The van der Waals surface area contributed by atoms with Crippen LogP contribution in [0.25, 0.3) is 0 Å². The van der Waals surface area contributed by atoms with Gasteiger partial charge < -0.3 is 14.2 Å². The van der Waals surface area contributed by atoms with E-state index in [4.69, 9.17) is 14.2 Å². The molecule has 0 aliphatic carbocycles. The zero-order chi connectivity index (χ0) is 55.0. The summed E-state index contributed by atoms with van der Waals surface area (Å²) >= 11 is 0. The molecule has 0 heterocycles. The minimum Gasteiger partial charge on any atom is -0.462 e. The molecule has 0 aromatic heterocycles. The monoisotopic (exact) mass is 1060 g/mol. The molecule has 0 saturated carbocycles. The second kappa shape index (κ2) is 63.9. The Bertz CT molecular complexity index is 1490. The van der Waals surface area contributed by atoms with E-state index in [0.717, 1.165) is 128 Å². The lowest BCUT2D eigenvalue weighted by atomic mass is 10.0. The number of rotatable bonds is 58. The van der Waals surface area contributed by atoms with Gasteiger partial charge >= 0.3 is 17.9 Å². The van der Waals surface area contributed by atoms with Crippen LogP contribution in [-0.2, 0) is 28.6 Å². The number of unbranched alkanes of at least 4 members (excludes halogenated alkanes) is 31. The molecule has 1 atom stereocenters. The van der Waals surface area contributed by atoms with E-state index in [2.05, 4.69) is 118 Å². The van der Waals surface area contributed by atoms with Crippen molar-refractivity contribution in [2.24, 2.45) is 0 Å². The minimum atomic E-state index is -0.796. The highest BCUT2D eigenvalue weighted by Crippen LogP contribution is 2.16. The van der Waals surface area contributed by atoms with Crippen LogP contribution in [0.4, 0.5) is 0 Å². The van der Waals surface area contributed by atoms with E-state index in [1.54, 1.807) is 0 Å². The smallest absolute Gasteiger partial charge is 0.306 e. The molecule has 6 heteroatoms. The molecular formula is C70H120O6. The second-order valence-corrected chi connectivity index (χ2v) is 21.3. The molecule has 76 heavy (non-hydrogen) atoms. The molecule has 0 N–H and O–H groups in total. The van der Waals surface area contributed by atoms with Crippen molar-refractivity contribution < 1.29 is 28.6 Å². The van der Waals surface area contributed by atoms with Crippen molar-refractivity contribution in [2.45, 2.75) is 316 Å². The Morgan fingerprint density at radius 3 is 0.868 bits per heavy atom. The van der Waals surface area contributed by atoms with Crippen molar-refractivity contribution >= 4 is 17.9 Å². The molecule has 1 unspecified atom stereocenters. The SMILES string of the molecule is CC/C=C\C/C=C\C/C=C\C/C=C\C/C=C\C/C=C\CCCCCCC(=O)OC(COC(=O)CCCCCCC/C=C\CCC)COC(=O)CCCCCCCCCCCCCCC/C=C\CCCCCCCCCC. The summed E-state index contributed by atoms with van der Waals surface area (Å²) in [6, 6.07) is 0. The Morgan fingerprint density at radius 2 is 0.539 bits per heavy atom. The summed E-state index contributed by atoms with van der Waals surface area (Å²) in [4.78, 5) is 38.2. The Hall–Kier alpha value is -3.67. The largest absolute Gasteiger partial charge is 0.462 e. The van der Waals surface area contributed by atoms with Crippen LogP contribution in [0, 0.1) is 0 Å². The Balaban J connectivity index is 4.29. The Labute approximate surface area is 470 Å². The topological polar surface area (TPSA) is 78.9 Å². The van der Waals surface area contributed by atoms with E-state index in [-0.39, 0.29) is 31.1 Å². The molecule has 0 spiro atoms. The summed E-state index contributed by atoms with van der Waals surface area (Å²) in [5.74, 6) is -0.919. The van der Waals surface area contributed by atoms with Crippen molar-refractivity contribution in [1.82, 2.24) is 0 Å². The molecule has 0 aliphatic heterocycles. The lowest BCUT2D eigenvalue weighted by molar-refractivity contribution is -0.167. The molecule has 0 bridgehead atoms. The van der Waals surface area contributed by atoms with Crippen LogP contribution in [0.2, 0.25) is 0 Å². The van der Waals surface area contributed by atoms with Crippen LogP contribution >= 0.6 is 0 Å². The second-order valence-electron chi connectivity index (χ2n) is 21.3. The third-order valence-electron chi connectivity index (χ3n) is 13.8. The first-order chi connectivity index (χ1) is 37.5. The van der Waals surface area contributed by atoms with E-state index in [0.29, 0.717) is 19.3 Å². The molecule has 0 aromatic rings. The van der Waals surface area contributed by atoms with E-state index >= 15 is 0 Å². The molecule has 0 amide bonds. The number of allylic oxidation sites excluding steroid dienone is 16. The third-order valence-corrected chi connectivity index (χ3v) is 13.8. The highest BCUT2D eigenvalue weighted by Gasteiger charge is 2.19. The number of ether oxygens (including phenoxy) is 3. The minimum absolute atomic E-state index is 0.0900. The van der Waals surface area contributed by atoms with Crippen LogP contribution in [-0.4, -0.2) is 37.2 Å². The fourth-order valence-corrected chi connectivity index (χ4v) is 8.97. The van der Waals surface area contributed by atoms with Crippen LogP contribution in [0.15, 0.2) is 97.2 Å². The summed E-state index contributed by atoms with van der Waals surface area (Å²) in [5, 5.41) is 0. The van der Waals surface area contributed by atoms with E-state index in [1.165, 1.54) is 141 Å². The van der Waals surface area contributed by atoms with Crippen molar-refractivity contribution in [1.29, 1.82) is 0 Å². The molecular weight excluding hydrogens is 937 g/mol. The molecule has 0 fully saturated rings. The summed E-state index contributed by atoms with van der Waals surface area (Å²) in [6.45, 7) is 6.46. The molecule has 0 radical (unpaired) electrons. The standard InChI is InChI=1S/C70H120O6/c1-4-7-10-13-16-19-22-24-26-28-30-32-34-35-37-38-40-42-44-46-48-51-54-57-60-63-69(72)75-66-67(65-74-68(71)62-59-56-53-50-21-18-15-12-9-6-3)76-70(73)64-61-58-55-52-49-47-45-43-41-39-36-33-31-29-27-25-23-20-17-14-11-8-5-2/h8,11-12,15,17,20,25,27-28,30-31,33,39,41,45,47,67H,4-7,9-10,13-14,16,18-19,21-24,26,29,32,34-38,40,42-44,46,48-66H2,1-3H3/b11-8-,15-12-,20-17-,27-25-,30-28-,33-31-,41-39-,47-45-. The number of hydrogen-bond donors (Lipinski definition) is 0. The fraction of sp³-hybridized carbons (Fsp3) is 0.729. The lowest BCUT2D eigenvalue weighted by Gasteiger charge is -2.18. The van der Waals surface area contributed by atoms with E-state index < -0.39 is 6.10 Å². The normalized spacial score (nSPS) is 12.7. The van der Waals surface area contributed by atoms with Gasteiger partial charge in [0.2, 0.25) is 0 Å². The molecule has 0 aliphatic rings. The maximum absolute atomic E-state index is 12.9. The van der Waals surface area contributed by atoms with Gasteiger partial charge in [-0.25, -0.2) is 0 Å². The number of carbonyl (C=O) groups excluding carboxylic acids is 3. The average molecular weight is 1060 g/mol. The average Bonchev–Trinajstić information content (AvgIpc) is 3.42. The van der Waals surface area contributed by atoms with E-state index in [1.807, 2.05) is 0 Å². The van der Waals surface area contributed by atoms with Gasteiger partial charge in [0.15, 0.2) is 6.10 Å². The van der Waals surface area contributed by atoms with Gasteiger partial charge in [-0.3, -0.25) is 14.4 Å². The number of hydrogen-bond acceptors (Lipinski definition) is 6. The first kappa shape index (κ1) is 72.3. The summed E-state index contributed by atoms with van der Waals surface area (Å²) in [7, 11) is 0. The predicted molar refractivity (Wildman–Crippen MR) is 330 cm³/mol. The first-order valence-electron chi connectivity index (χ1n) is 32.2. The van der Waals surface area contributed by atoms with Crippen molar-refractivity contribution in [3.05, 3.63) is 97.2 Å². The van der Waals surface area contributed by atoms with Crippen LogP contribution in [0.1, 0.15) is 310 Å². The number of carbonyl (C=O) groups is 3. The highest BCUT2D eigenvalue weighted by molar-refractivity contribution is 5.71. The highest BCUT2D eigenvalue weighted by atomic mass is 16.6. The molecule has 6 nitrogen and oxygen atoms in total. The maximum Gasteiger partial charge on any atom is 0.306 e. The summed E-state index contributed by atoms with van der Waals surface area (Å²) in [5.41, 5.74) is 0. The van der Waals surface area contributed by atoms with Crippen LogP contribution < -0.4 is 0 Å². The maximum atomic E-state index is 12.9. The van der Waals surface area contributed by atoms with Gasteiger partial charge in [-0.2, -0.15) is 0 Å². The lowest BCUT2D eigenvalue weighted by Crippen LogP contribution is -2.30. The Kier molecular flexibility index (Phi) is 60.8. The van der Waals surface area contributed by atoms with Crippen LogP contribution in [0.3, 0.4) is 0 Å². The van der Waals surface area contributed by atoms with Crippen molar-refractivity contribution in [3.63, 3.8) is 0 Å². The Morgan fingerprint density at radius 1 is 0.276 bits per heavy atom. The van der Waals surface area contributed by atoms with Crippen molar-refractivity contribution in [3.8, 4) is 0 Å². The number of esters is 3. The van der Waals surface area contributed by atoms with Gasteiger partial charge in [0.1, 0.15) is 13.2 Å².